The van der Waals surface area contributed by atoms with Crippen LogP contribution in [0.5, 0.6) is 0 Å². The number of aryl methyl sites for hydroxylation is 1. The number of ether oxygens (including phenoxy) is 1. The van der Waals surface area contributed by atoms with Crippen molar-refractivity contribution in [1.82, 2.24) is 24.9 Å². The molecule has 1 saturated heterocycles. The molecule has 0 aliphatic carbocycles. The topological polar surface area (TPSA) is 57.9 Å². The molecule has 2 aromatic rings. The van der Waals surface area contributed by atoms with Crippen LogP contribution in [0.15, 0.2) is 47.7 Å². The van der Waals surface area contributed by atoms with Crippen LogP contribution in [-0.2, 0) is 11.8 Å². The van der Waals surface area contributed by atoms with Crippen molar-refractivity contribution in [2.75, 3.05) is 46.4 Å². The molecule has 0 saturated carbocycles. The van der Waals surface area contributed by atoms with Crippen molar-refractivity contribution in [2.24, 2.45) is 12.0 Å². The average molecular weight is 399 g/mol. The fourth-order valence-electron chi connectivity index (χ4n) is 3.97. The molecule has 2 unspecified atom stereocenters. The van der Waals surface area contributed by atoms with Crippen molar-refractivity contribution in [3.8, 4) is 0 Å². The molecule has 0 bridgehead atoms. The molecule has 29 heavy (non-hydrogen) atoms. The number of guanidine groups is 1. The highest BCUT2D eigenvalue weighted by atomic mass is 16.5. The lowest BCUT2D eigenvalue weighted by Gasteiger charge is -2.36. The minimum atomic E-state index is 0.0173. The smallest absolute Gasteiger partial charge is 0.193 e. The zero-order valence-corrected chi connectivity index (χ0v) is 18.1. The predicted octanol–water partition coefficient (Wildman–Crippen LogP) is 2.45. The zero-order valence-electron chi connectivity index (χ0n) is 18.1. The van der Waals surface area contributed by atoms with Crippen molar-refractivity contribution in [1.29, 1.82) is 0 Å². The fraction of sp³-hybridized carbons (Fsp3) is 0.545. The summed E-state index contributed by atoms with van der Waals surface area (Å²) >= 11 is 0. The van der Waals surface area contributed by atoms with E-state index in [-0.39, 0.29) is 6.10 Å². The summed E-state index contributed by atoms with van der Waals surface area (Å²) in [6, 6.07) is 11.0. The molecule has 2 atom stereocenters. The highest BCUT2D eigenvalue weighted by Gasteiger charge is 2.26. The standard InChI is InChI=1S/C22H34N6O/c1-5-27(6-2)20(18-10-8-7-9-11-18)15-24-22(23-3)28-12-13-29-21(17-28)19-14-25-26(4)16-19/h7-11,14,16,20-21H,5-6,12-13,15,17H2,1-4H3,(H,23,24). The summed E-state index contributed by atoms with van der Waals surface area (Å²) in [5.41, 5.74) is 2.44. The van der Waals surface area contributed by atoms with Gasteiger partial charge in [-0.1, -0.05) is 44.2 Å². The summed E-state index contributed by atoms with van der Waals surface area (Å²) in [4.78, 5) is 9.32. The van der Waals surface area contributed by atoms with E-state index in [1.165, 1.54) is 5.56 Å². The Morgan fingerprint density at radius 2 is 2.07 bits per heavy atom. The van der Waals surface area contributed by atoms with Gasteiger partial charge < -0.3 is 15.0 Å². The Bertz CT molecular complexity index is 771. The second-order valence-electron chi connectivity index (χ2n) is 7.33. The third-order valence-corrected chi connectivity index (χ3v) is 5.57. The van der Waals surface area contributed by atoms with Gasteiger partial charge in [0.25, 0.3) is 0 Å². The first kappa shape index (κ1) is 21.3. The number of benzene rings is 1. The van der Waals surface area contributed by atoms with Gasteiger partial charge in [-0.25, -0.2) is 0 Å². The second kappa shape index (κ2) is 10.4. The van der Waals surface area contributed by atoms with E-state index in [2.05, 4.69) is 69.4 Å². The van der Waals surface area contributed by atoms with Crippen LogP contribution in [0.4, 0.5) is 0 Å². The van der Waals surface area contributed by atoms with Crippen LogP contribution in [0.2, 0.25) is 0 Å². The molecule has 1 fully saturated rings. The summed E-state index contributed by atoms with van der Waals surface area (Å²) in [7, 11) is 3.79. The van der Waals surface area contributed by atoms with Crippen molar-refractivity contribution in [3.05, 3.63) is 53.9 Å². The van der Waals surface area contributed by atoms with Gasteiger partial charge in [0.15, 0.2) is 5.96 Å². The van der Waals surface area contributed by atoms with Gasteiger partial charge >= 0.3 is 0 Å². The Kier molecular flexibility index (Phi) is 7.66. The Labute approximate surface area is 174 Å². The average Bonchev–Trinajstić information content (AvgIpc) is 3.21. The van der Waals surface area contributed by atoms with Crippen molar-refractivity contribution in [3.63, 3.8) is 0 Å². The molecule has 3 rings (SSSR count). The van der Waals surface area contributed by atoms with E-state index in [1.807, 2.05) is 31.2 Å². The molecular weight excluding hydrogens is 364 g/mol. The third-order valence-electron chi connectivity index (χ3n) is 5.57. The molecule has 0 radical (unpaired) electrons. The summed E-state index contributed by atoms with van der Waals surface area (Å²) < 4.78 is 7.80. The molecule has 7 heteroatoms. The van der Waals surface area contributed by atoms with Crippen LogP contribution in [-0.4, -0.2) is 71.9 Å². The maximum Gasteiger partial charge on any atom is 0.193 e. The normalized spacial score (nSPS) is 18.9. The molecule has 158 valence electrons. The lowest BCUT2D eigenvalue weighted by molar-refractivity contribution is -0.00813. The van der Waals surface area contributed by atoms with Crippen LogP contribution in [0.25, 0.3) is 0 Å². The van der Waals surface area contributed by atoms with Crippen LogP contribution in [0.1, 0.15) is 37.1 Å². The summed E-state index contributed by atoms with van der Waals surface area (Å²) in [6.07, 6.45) is 3.93. The zero-order chi connectivity index (χ0) is 20.6. The van der Waals surface area contributed by atoms with Crippen molar-refractivity contribution < 1.29 is 4.74 Å². The van der Waals surface area contributed by atoms with Crippen molar-refractivity contribution >= 4 is 5.96 Å². The Balaban J connectivity index is 1.67. The number of nitrogens with one attached hydrogen (secondary N) is 1. The molecule has 1 aromatic heterocycles. The number of hydrogen-bond donors (Lipinski definition) is 1. The minimum absolute atomic E-state index is 0.0173. The predicted molar refractivity (Wildman–Crippen MR) is 117 cm³/mol. The first-order valence-corrected chi connectivity index (χ1v) is 10.5. The molecule has 1 N–H and O–H groups in total. The Morgan fingerprint density at radius 1 is 1.31 bits per heavy atom. The van der Waals surface area contributed by atoms with E-state index in [1.54, 1.807) is 0 Å². The van der Waals surface area contributed by atoms with E-state index >= 15 is 0 Å². The molecule has 1 aliphatic heterocycles. The fourth-order valence-corrected chi connectivity index (χ4v) is 3.97. The number of likely N-dealkylation sites (N-methyl/N-ethyl adjacent to an activating group) is 1. The summed E-state index contributed by atoms with van der Waals surface area (Å²) in [6.45, 7) is 9.55. The molecule has 0 amide bonds. The van der Waals surface area contributed by atoms with Gasteiger partial charge in [-0.15, -0.1) is 0 Å². The Hall–Kier alpha value is -2.38. The van der Waals surface area contributed by atoms with E-state index in [0.717, 1.165) is 44.2 Å². The first-order chi connectivity index (χ1) is 14.2. The highest BCUT2D eigenvalue weighted by Crippen LogP contribution is 2.22. The van der Waals surface area contributed by atoms with Crippen LogP contribution < -0.4 is 5.32 Å². The van der Waals surface area contributed by atoms with Gasteiger partial charge in [-0.05, 0) is 18.7 Å². The number of nitrogens with zero attached hydrogens (tertiary/aromatic N) is 5. The monoisotopic (exact) mass is 398 g/mol. The molecular formula is C22H34N6O. The van der Waals surface area contributed by atoms with E-state index in [0.29, 0.717) is 12.6 Å². The van der Waals surface area contributed by atoms with Gasteiger partial charge in [-0.2, -0.15) is 5.10 Å². The van der Waals surface area contributed by atoms with Gasteiger partial charge in [-0.3, -0.25) is 14.6 Å². The number of aromatic nitrogens is 2. The number of rotatable bonds is 7. The van der Waals surface area contributed by atoms with Gasteiger partial charge in [0, 0.05) is 38.9 Å². The minimum Gasteiger partial charge on any atom is -0.370 e. The van der Waals surface area contributed by atoms with Crippen LogP contribution in [0, 0.1) is 0 Å². The van der Waals surface area contributed by atoms with E-state index in [4.69, 9.17) is 4.74 Å². The highest BCUT2D eigenvalue weighted by molar-refractivity contribution is 5.80. The largest absolute Gasteiger partial charge is 0.370 e. The third kappa shape index (κ3) is 5.36. The number of aliphatic imine (C=N–C) groups is 1. The molecule has 0 spiro atoms. The van der Waals surface area contributed by atoms with E-state index in [9.17, 15) is 0 Å². The second-order valence-corrected chi connectivity index (χ2v) is 7.33. The van der Waals surface area contributed by atoms with Crippen LogP contribution >= 0.6 is 0 Å². The SMILES string of the molecule is CCN(CC)C(CNC(=NC)N1CCOC(c2cnn(C)c2)C1)c1ccccc1. The maximum absolute atomic E-state index is 5.98. The maximum atomic E-state index is 5.98. The lowest BCUT2D eigenvalue weighted by Crippen LogP contribution is -2.50. The summed E-state index contributed by atoms with van der Waals surface area (Å²) in [5.74, 6) is 0.926. The lowest BCUT2D eigenvalue weighted by atomic mass is 10.1. The molecule has 7 nitrogen and oxygen atoms in total. The van der Waals surface area contributed by atoms with Gasteiger partial charge in [0.05, 0.1) is 25.4 Å². The quantitative estimate of drug-likeness (QED) is 0.574. The number of hydrogen-bond acceptors (Lipinski definition) is 4. The molecule has 1 aromatic carbocycles. The Morgan fingerprint density at radius 3 is 2.69 bits per heavy atom. The van der Waals surface area contributed by atoms with Gasteiger partial charge in [0.2, 0.25) is 0 Å². The molecule has 2 heterocycles. The first-order valence-electron chi connectivity index (χ1n) is 10.5. The van der Waals surface area contributed by atoms with Crippen molar-refractivity contribution in [2.45, 2.75) is 26.0 Å². The van der Waals surface area contributed by atoms with Gasteiger partial charge in [0.1, 0.15) is 6.10 Å². The summed E-state index contributed by atoms with van der Waals surface area (Å²) in [5, 5.41) is 7.90. The van der Waals surface area contributed by atoms with E-state index < -0.39 is 0 Å². The molecule has 1 aliphatic rings. The van der Waals surface area contributed by atoms with Crippen LogP contribution in [0.3, 0.4) is 0 Å². The number of morpholine rings is 1.